The first-order valence-corrected chi connectivity index (χ1v) is 4.72. The maximum Gasteiger partial charge on any atom is 0.358 e. The normalized spacial score (nSPS) is 26.6. The molecule has 1 rings (SSSR count). The molecule has 0 N–H and O–H groups in total. The molecule has 0 aromatic heterocycles. The lowest BCUT2D eigenvalue weighted by molar-refractivity contribution is 0.148. The maximum atomic E-state index is 11.4. The van der Waals surface area contributed by atoms with Crippen molar-refractivity contribution in [3.8, 4) is 0 Å². The summed E-state index contributed by atoms with van der Waals surface area (Å²) in [5.41, 5.74) is 0. The highest BCUT2D eigenvalue weighted by Crippen LogP contribution is 2.56. The van der Waals surface area contributed by atoms with Crippen LogP contribution in [0.2, 0.25) is 0 Å². The van der Waals surface area contributed by atoms with Crippen LogP contribution in [0.25, 0.3) is 0 Å². The van der Waals surface area contributed by atoms with Gasteiger partial charge in [-0.3, -0.25) is 4.57 Å². The van der Waals surface area contributed by atoms with Crippen LogP contribution in [0.5, 0.6) is 0 Å². The van der Waals surface area contributed by atoms with Crippen LogP contribution in [0.1, 0.15) is 6.92 Å². The van der Waals surface area contributed by atoms with E-state index in [-0.39, 0.29) is 0 Å². The molecule has 1 heterocycles. The summed E-state index contributed by atoms with van der Waals surface area (Å²) in [6.07, 6.45) is 0. The van der Waals surface area contributed by atoms with Crippen LogP contribution in [-0.4, -0.2) is 26.2 Å². The predicted octanol–water partition coefficient (Wildman–Crippen LogP) is 1.22. The SMILES string of the molecule is COC(C)P1(=O)OCCO1. The Labute approximate surface area is 60.0 Å². The summed E-state index contributed by atoms with van der Waals surface area (Å²) in [4.78, 5) is 0. The summed E-state index contributed by atoms with van der Waals surface area (Å²) < 4.78 is 26.0. The van der Waals surface area contributed by atoms with E-state index in [0.717, 1.165) is 0 Å². The molecule has 4 nitrogen and oxygen atoms in total. The smallest absolute Gasteiger partial charge is 0.358 e. The molecule has 0 amide bonds. The van der Waals surface area contributed by atoms with Crippen LogP contribution in [-0.2, 0) is 18.3 Å². The van der Waals surface area contributed by atoms with Crippen LogP contribution in [0, 0.1) is 0 Å². The van der Waals surface area contributed by atoms with Crippen molar-refractivity contribution < 1.29 is 18.3 Å². The Hall–Kier alpha value is 0.110. The number of rotatable bonds is 2. The summed E-state index contributed by atoms with van der Waals surface area (Å²) in [7, 11) is -1.40. The highest BCUT2D eigenvalue weighted by Gasteiger charge is 2.36. The van der Waals surface area contributed by atoms with Crippen molar-refractivity contribution in [2.45, 2.75) is 12.8 Å². The van der Waals surface area contributed by atoms with E-state index in [1.807, 2.05) is 0 Å². The molecule has 1 aliphatic rings. The van der Waals surface area contributed by atoms with Crippen LogP contribution < -0.4 is 0 Å². The number of hydrogen-bond acceptors (Lipinski definition) is 4. The van der Waals surface area contributed by atoms with Crippen molar-refractivity contribution in [3.05, 3.63) is 0 Å². The summed E-state index contributed by atoms with van der Waals surface area (Å²) >= 11 is 0. The van der Waals surface area contributed by atoms with Crippen molar-refractivity contribution in [1.82, 2.24) is 0 Å². The zero-order chi connectivity index (χ0) is 7.61. The summed E-state index contributed by atoms with van der Waals surface area (Å²) in [6, 6.07) is 0. The molecular formula is C5H11O4P. The predicted molar refractivity (Wildman–Crippen MR) is 36.0 cm³/mol. The van der Waals surface area contributed by atoms with Gasteiger partial charge in [0, 0.05) is 7.11 Å². The Bertz CT molecular complexity index is 148. The summed E-state index contributed by atoms with van der Waals surface area (Å²) in [6.45, 7) is 2.49. The number of methoxy groups -OCH3 is 1. The molecule has 1 aliphatic heterocycles. The van der Waals surface area contributed by atoms with Gasteiger partial charge < -0.3 is 13.8 Å². The Morgan fingerprint density at radius 2 is 2.00 bits per heavy atom. The van der Waals surface area contributed by atoms with Crippen molar-refractivity contribution in [3.63, 3.8) is 0 Å². The highest BCUT2D eigenvalue weighted by atomic mass is 31.2. The van der Waals surface area contributed by atoms with Gasteiger partial charge in [-0.05, 0) is 6.92 Å². The average molecular weight is 166 g/mol. The summed E-state index contributed by atoms with van der Waals surface area (Å²) in [5, 5.41) is 0. The second kappa shape index (κ2) is 3.01. The molecule has 1 saturated heterocycles. The van der Waals surface area contributed by atoms with E-state index >= 15 is 0 Å². The molecule has 0 aromatic rings. The van der Waals surface area contributed by atoms with Crippen molar-refractivity contribution >= 4 is 7.60 Å². The molecule has 5 heteroatoms. The molecule has 0 aliphatic carbocycles. The lowest BCUT2D eigenvalue weighted by Gasteiger charge is -2.14. The molecule has 0 radical (unpaired) electrons. The molecule has 1 fully saturated rings. The Kier molecular flexibility index (Phi) is 2.47. The topological polar surface area (TPSA) is 44.8 Å². The van der Waals surface area contributed by atoms with Crippen molar-refractivity contribution in [2.75, 3.05) is 20.3 Å². The van der Waals surface area contributed by atoms with Gasteiger partial charge in [0.1, 0.15) is 0 Å². The zero-order valence-electron chi connectivity index (χ0n) is 6.07. The molecule has 0 bridgehead atoms. The monoisotopic (exact) mass is 166 g/mol. The number of hydrogen-bond donors (Lipinski definition) is 0. The molecule has 0 saturated carbocycles. The van der Waals surface area contributed by atoms with Gasteiger partial charge in [-0.15, -0.1) is 0 Å². The zero-order valence-corrected chi connectivity index (χ0v) is 6.97. The second-order valence-electron chi connectivity index (χ2n) is 2.04. The minimum atomic E-state index is -2.88. The standard InChI is InChI=1S/C5H11O4P/c1-5(7-2)10(6)8-3-4-9-10/h5H,3-4H2,1-2H3. The second-order valence-corrected chi connectivity index (χ2v) is 4.36. The minimum absolute atomic E-state index is 0.408. The molecular weight excluding hydrogens is 155 g/mol. The Morgan fingerprint density at radius 1 is 1.50 bits per heavy atom. The maximum absolute atomic E-state index is 11.4. The Balaban J connectivity index is 2.58. The molecule has 1 unspecified atom stereocenters. The van der Waals surface area contributed by atoms with Gasteiger partial charge in [0.05, 0.1) is 13.2 Å². The first kappa shape index (κ1) is 8.21. The van der Waals surface area contributed by atoms with Gasteiger partial charge in [0.25, 0.3) is 0 Å². The van der Waals surface area contributed by atoms with Gasteiger partial charge in [0.15, 0.2) is 5.85 Å². The molecule has 60 valence electrons. The molecule has 1 atom stereocenters. The van der Waals surface area contributed by atoms with Gasteiger partial charge in [-0.2, -0.15) is 0 Å². The van der Waals surface area contributed by atoms with Gasteiger partial charge in [-0.25, -0.2) is 0 Å². The third-order valence-electron chi connectivity index (χ3n) is 1.41. The largest absolute Gasteiger partial charge is 0.369 e. The van der Waals surface area contributed by atoms with E-state index in [1.165, 1.54) is 7.11 Å². The number of ether oxygens (including phenoxy) is 1. The fourth-order valence-corrected chi connectivity index (χ4v) is 2.12. The van der Waals surface area contributed by atoms with Gasteiger partial charge in [-0.1, -0.05) is 0 Å². The third-order valence-corrected chi connectivity index (χ3v) is 3.60. The van der Waals surface area contributed by atoms with E-state index in [0.29, 0.717) is 13.2 Å². The fraction of sp³-hybridized carbons (Fsp3) is 1.00. The lowest BCUT2D eigenvalue weighted by atomic mass is 10.8. The van der Waals surface area contributed by atoms with E-state index in [2.05, 4.69) is 0 Å². The minimum Gasteiger partial charge on any atom is -0.369 e. The third kappa shape index (κ3) is 1.40. The average Bonchev–Trinajstić information content (AvgIpc) is 2.36. The lowest BCUT2D eigenvalue weighted by Crippen LogP contribution is -2.05. The molecule has 10 heavy (non-hydrogen) atoms. The van der Waals surface area contributed by atoms with Gasteiger partial charge >= 0.3 is 7.60 Å². The molecule has 0 spiro atoms. The van der Waals surface area contributed by atoms with Crippen LogP contribution in [0.15, 0.2) is 0 Å². The van der Waals surface area contributed by atoms with Crippen LogP contribution >= 0.6 is 7.60 Å². The van der Waals surface area contributed by atoms with Crippen LogP contribution in [0.4, 0.5) is 0 Å². The molecule has 0 aromatic carbocycles. The van der Waals surface area contributed by atoms with E-state index < -0.39 is 13.4 Å². The quantitative estimate of drug-likeness (QED) is 0.578. The first-order valence-electron chi connectivity index (χ1n) is 3.10. The first-order chi connectivity index (χ1) is 4.69. The summed E-state index contributed by atoms with van der Waals surface area (Å²) in [5.74, 6) is -0.449. The Morgan fingerprint density at radius 3 is 2.40 bits per heavy atom. The van der Waals surface area contributed by atoms with E-state index in [9.17, 15) is 4.57 Å². The van der Waals surface area contributed by atoms with Crippen molar-refractivity contribution in [2.24, 2.45) is 0 Å². The van der Waals surface area contributed by atoms with E-state index in [1.54, 1.807) is 6.92 Å². The van der Waals surface area contributed by atoms with Crippen molar-refractivity contribution in [1.29, 1.82) is 0 Å². The van der Waals surface area contributed by atoms with Gasteiger partial charge in [0.2, 0.25) is 0 Å². The van der Waals surface area contributed by atoms with Crippen LogP contribution in [0.3, 0.4) is 0 Å². The highest BCUT2D eigenvalue weighted by molar-refractivity contribution is 7.54. The fourth-order valence-electron chi connectivity index (χ4n) is 0.705. The van der Waals surface area contributed by atoms with E-state index in [4.69, 9.17) is 13.8 Å².